The summed E-state index contributed by atoms with van der Waals surface area (Å²) in [6.07, 6.45) is 1.17. The molecule has 0 saturated carbocycles. The number of ether oxygens (including phenoxy) is 1. The second-order valence-corrected chi connectivity index (χ2v) is 6.41. The van der Waals surface area contributed by atoms with Crippen LogP contribution in [0.3, 0.4) is 0 Å². The maximum absolute atomic E-state index is 12.1. The molecule has 1 aliphatic heterocycles. The fourth-order valence-electron chi connectivity index (χ4n) is 2.72. The molecule has 1 aromatic heterocycles. The molecule has 0 bridgehead atoms. The highest BCUT2D eigenvalue weighted by Gasteiger charge is 2.24. The molecule has 0 spiro atoms. The number of nitrogens with zero attached hydrogens (tertiary/aromatic N) is 1. The topological polar surface area (TPSA) is 58.6 Å². The van der Waals surface area contributed by atoms with E-state index in [1.54, 1.807) is 16.2 Å². The summed E-state index contributed by atoms with van der Waals surface area (Å²) in [6.45, 7) is 0.739. The number of hydrogen-bond acceptors (Lipinski definition) is 4. The minimum atomic E-state index is -0.0410. The minimum Gasteiger partial charge on any atom is -0.375 e. The van der Waals surface area contributed by atoms with Crippen molar-refractivity contribution in [2.24, 2.45) is 0 Å². The Balaban J connectivity index is 1.67. The predicted octanol–water partition coefficient (Wildman–Crippen LogP) is 2.46. The third kappa shape index (κ3) is 3.60. The van der Waals surface area contributed by atoms with Crippen LogP contribution in [0, 0.1) is 0 Å². The van der Waals surface area contributed by atoms with Crippen LogP contribution in [0.4, 0.5) is 11.4 Å². The van der Waals surface area contributed by atoms with Crippen molar-refractivity contribution in [3.63, 3.8) is 0 Å². The van der Waals surface area contributed by atoms with E-state index in [0.29, 0.717) is 13.0 Å². The second kappa shape index (κ2) is 6.93. The van der Waals surface area contributed by atoms with Crippen molar-refractivity contribution < 1.29 is 14.3 Å². The van der Waals surface area contributed by atoms with Crippen LogP contribution in [0.15, 0.2) is 35.7 Å². The Morgan fingerprint density at radius 3 is 2.96 bits per heavy atom. The lowest BCUT2D eigenvalue weighted by Crippen LogP contribution is -2.31. The van der Waals surface area contributed by atoms with Crippen LogP contribution in [-0.2, 0) is 27.2 Å². The van der Waals surface area contributed by atoms with Crippen molar-refractivity contribution in [1.82, 2.24) is 0 Å². The predicted molar refractivity (Wildman–Crippen MR) is 91.0 cm³/mol. The van der Waals surface area contributed by atoms with Crippen LogP contribution < -0.4 is 10.2 Å². The first-order valence-corrected chi connectivity index (χ1v) is 8.30. The number of fused-ring (bicyclic) bond motifs is 1. The van der Waals surface area contributed by atoms with Crippen LogP contribution in [0.1, 0.15) is 10.4 Å². The van der Waals surface area contributed by atoms with E-state index < -0.39 is 0 Å². The zero-order chi connectivity index (χ0) is 16.2. The van der Waals surface area contributed by atoms with Crippen LogP contribution in [0.25, 0.3) is 0 Å². The van der Waals surface area contributed by atoms with Crippen molar-refractivity contribution in [3.8, 4) is 0 Å². The molecule has 0 radical (unpaired) electrons. The first kappa shape index (κ1) is 15.7. The average Bonchev–Trinajstić information content (AvgIpc) is 3.16. The smallest absolute Gasteiger partial charge is 0.252 e. The largest absolute Gasteiger partial charge is 0.375 e. The number of nitrogens with one attached hydrogen (secondary N) is 1. The molecule has 2 aromatic rings. The van der Waals surface area contributed by atoms with Gasteiger partial charge in [0.05, 0.1) is 6.42 Å². The molecule has 120 valence electrons. The first-order chi connectivity index (χ1) is 11.2. The fraction of sp³-hybridized carbons (Fsp3) is 0.294. The number of anilines is 2. The van der Waals surface area contributed by atoms with Crippen molar-refractivity contribution >= 4 is 34.5 Å². The summed E-state index contributed by atoms with van der Waals surface area (Å²) in [5, 5.41) is 4.88. The normalized spacial score (nSPS) is 13.0. The molecule has 0 saturated heterocycles. The number of rotatable bonds is 5. The Hall–Kier alpha value is -2.18. The molecular formula is C17H18N2O3S. The summed E-state index contributed by atoms with van der Waals surface area (Å²) in [4.78, 5) is 26.8. The number of hydrogen-bond donors (Lipinski definition) is 1. The molecule has 5 nitrogen and oxygen atoms in total. The first-order valence-electron chi connectivity index (χ1n) is 7.42. The van der Waals surface area contributed by atoms with Crippen molar-refractivity contribution in [3.05, 3.63) is 46.2 Å². The van der Waals surface area contributed by atoms with Gasteiger partial charge in [-0.1, -0.05) is 6.07 Å². The summed E-state index contributed by atoms with van der Waals surface area (Å²) in [6, 6.07) is 9.56. The Morgan fingerprint density at radius 2 is 2.22 bits per heavy atom. The summed E-state index contributed by atoms with van der Waals surface area (Å²) in [5.74, 6) is -0.0709. The van der Waals surface area contributed by atoms with Gasteiger partial charge in [0.1, 0.15) is 6.61 Å². The molecule has 0 unspecified atom stereocenters. The van der Waals surface area contributed by atoms with Gasteiger partial charge in [-0.25, -0.2) is 0 Å². The van der Waals surface area contributed by atoms with Gasteiger partial charge in [0, 0.05) is 29.9 Å². The van der Waals surface area contributed by atoms with Crippen LogP contribution >= 0.6 is 11.3 Å². The minimum absolute atomic E-state index is 0.0299. The van der Waals surface area contributed by atoms with E-state index in [4.69, 9.17) is 4.74 Å². The highest BCUT2D eigenvalue weighted by atomic mass is 32.1. The molecule has 1 aliphatic rings. The Kier molecular flexibility index (Phi) is 4.73. The number of benzene rings is 1. The maximum atomic E-state index is 12.1. The van der Waals surface area contributed by atoms with Gasteiger partial charge in [-0.3, -0.25) is 9.59 Å². The number of amides is 2. The number of carbonyl (C=O) groups is 2. The molecule has 23 heavy (non-hydrogen) atoms. The second-order valence-electron chi connectivity index (χ2n) is 5.38. The fourth-order valence-corrected chi connectivity index (χ4v) is 3.42. The molecular weight excluding hydrogens is 312 g/mol. The highest BCUT2D eigenvalue weighted by molar-refractivity contribution is 7.10. The van der Waals surface area contributed by atoms with E-state index in [9.17, 15) is 9.59 Å². The SMILES string of the molecule is COCC(=O)N1CCc2cc(NC(=O)Cc3cccs3)ccc21. The van der Waals surface area contributed by atoms with Gasteiger partial charge in [-0.05, 0) is 41.6 Å². The third-order valence-electron chi connectivity index (χ3n) is 3.74. The molecule has 6 heteroatoms. The van der Waals surface area contributed by atoms with E-state index in [1.807, 2.05) is 35.7 Å². The van der Waals surface area contributed by atoms with Gasteiger partial charge in [-0.2, -0.15) is 0 Å². The Morgan fingerprint density at radius 1 is 1.35 bits per heavy atom. The molecule has 0 atom stereocenters. The zero-order valence-corrected chi connectivity index (χ0v) is 13.7. The van der Waals surface area contributed by atoms with Gasteiger partial charge in [0.25, 0.3) is 5.91 Å². The lowest BCUT2D eigenvalue weighted by Gasteiger charge is -2.17. The summed E-state index contributed by atoms with van der Waals surface area (Å²) < 4.78 is 4.91. The van der Waals surface area contributed by atoms with Gasteiger partial charge in [0.15, 0.2) is 0 Å². The molecule has 3 rings (SSSR count). The number of methoxy groups -OCH3 is 1. The molecule has 1 aromatic carbocycles. The lowest BCUT2D eigenvalue weighted by atomic mass is 10.1. The van der Waals surface area contributed by atoms with E-state index in [1.165, 1.54) is 7.11 Å². The molecule has 0 fully saturated rings. The standard InChI is InChI=1S/C17H18N2O3S/c1-22-11-17(21)19-7-6-12-9-13(4-5-15(12)19)18-16(20)10-14-3-2-8-23-14/h2-5,8-9H,6-7,10-11H2,1H3,(H,18,20). The van der Waals surface area contributed by atoms with Gasteiger partial charge < -0.3 is 15.0 Å². The summed E-state index contributed by atoms with van der Waals surface area (Å²) in [7, 11) is 1.51. The average molecular weight is 330 g/mol. The van der Waals surface area contributed by atoms with Gasteiger partial charge >= 0.3 is 0 Å². The number of thiophene rings is 1. The van der Waals surface area contributed by atoms with Crippen LogP contribution in [-0.4, -0.2) is 32.1 Å². The van der Waals surface area contributed by atoms with Crippen molar-refractivity contribution in [1.29, 1.82) is 0 Å². The lowest BCUT2D eigenvalue weighted by molar-refractivity contribution is -0.122. The molecule has 2 amide bonds. The Labute approximate surface area is 138 Å². The van der Waals surface area contributed by atoms with Crippen LogP contribution in [0.5, 0.6) is 0 Å². The van der Waals surface area contributed by atoms with E-state index in [2.05, 4.69) is 5.32 Å². The molecule has 2 heterocycles. The quantitative estimate of drug-likeness (QED) is 0.916. The van der Waals surface area contributed by atoms with Crippen molar-refractivity contribution in [2.75, 3.05) is 30.5 Å². The van der Waals surface area contributed by atoms with Crippen LogP contribution in [0.2, 0.25) is 0 Å². The van der Waals surface area contributed by atoms with Crippen molar-refractivity contribution in [2.45, 2.75) is 12.8 Å². The van der Waals surface area contributed by atoms with E-state index in [-0.39, 0.29) is 18.4 Å². The molecule has 0 aliphatic carbocycles. The van der Waals surface area contributed by atoms with Gasteiger partial charge in [-0.15, -0.1) is 11.3 Å². The van der Waals surface area contributed by atoms with E-state index in [0.717, 1.165) is 28.2 Å². The summed E-state index contributed by atoms with van der Waals surface area (Å²) in [5.41, 5.74) is 2.75. The Bertz CT molecular complexity index is 713. The van der Waals surface area contributed by atoms with E-state index >= 15 is 0 Å². The maximum Gasteiger partial charge on any atom is 0.252 e. The number of carbonyl (C=O) groups excluding carboxylic acids is 2. The van der Waals surface area contributed by atoms with Gasteiger partial charge in [0.2, 0.25) is 5.91 Å². The monoisotopic (exact) mass is 330 g/mol. The molecule has 1 N–H and O–H groups in total. The zero-order valence-electron chi connectivity index (χ0n) is 12.9. The third-order valence-corrected chi connectivity index (χ3v) is 4.62. The highest BCUT2D eigenvalue weighted by Crippen LogP contribution is 2.30. The summed E-state index contributed by atoms with van der Waals surface area (Å²) >= 11 is 1.57.